The number of pyridine rings is 2. The number of hydrogen-bond donors (Lipinski definition) is 0. The number of benzene rings is 6. The summed E-state index contributed by atoms with van der Waals surface area (Å²) in [5, 5.41) is 16.0. The Balaban J connectivity index is 1.07. The number of nitrogens with zero attached hydrogens (tertiary/aromatic N) is 6. The molecule has 0 unspecified atom stereocenters. The molecule has 0 amide bonds. The minimum Gasteiger partial charge on any atom is -0.294 e. The number of para-hydroxylation sites is 2. The second kappa shape index (κ2) is 12.7. The van der Waals surface area contributed by atoms with Crippen LogP contribution >= 0.6 is 11.3 Å². The number of fused-ring (bicyclic) bond motifs is 6. The van der Waals surface area contributed by atoms with Gasteiger partial charge < -0.3 is 0 Å². The van der Waals surface area contributed by atoms with Crippen LogP contribution in [0, 0.1) is 0 Å². The molecule has 0 radical (unpaired) electrons. The molecule has 0 atom stereocenters. The lowest BCUT2D eigenvalue weighted by Crippen LogP contribution is -1.98. The van der Waals surface area contributed by atoms with Crippen LogP contribution in [0.25, 0.3) is 98.9 Å². The summed E-state index contributed by atoms with van der Waals surface area (Å²) in [6.45, 7) is 0. The second-order valence-electron chi connectivity index (χ2n) is 13.5. The predicted octanol–water partition coefficient (Wildman–Crippen LogP) is 12.2. The van der Waals surface area contributed by atoms with E-state index < -0.39 is 0 Å². The van der Waals surface area contributed by atoms with Crippen LogP contribution in [0.4, 0.5) is 0 Å². The Kier molecular flexibility index (Phi) is 7.25. The fourth-order valence-corrected chi connectivity index (χ4v) is 8.87. The summed E-state index contributed by atoms with van der Waals surface area (Å²) < 4.78 is 4.53. The lowest BCUT2D eigenvalue weighted by molar-refractivity contribution is 1.08. The molecule has 0 aliphatic heterocycles. The molecule has 0 saturated heterocycles. The van der Waals surface area contributed by atoms with Crippen molar-refractivity contribution < 1.29 is 0 Å². The van der Waals surface area contributed by atoms with Gasteiger partial charge in [0, 0.05) is 43.8 Å². The molecule has 5 aromatic heterocycles. The first-order valence-electron chi connectivity index (χ1n) is 18.2. The number of aromatic nitrogens is 6. The largest absolute Gasteiger partial charge is 0.294 e. The quantitative estimate of drug-likeness (QED) is 0.171. The van der Waals surface area contributed by atoms with Crippen molar-refractivity contribution >= 4 is 54.9 Å². The van der Waals surface area contributed by atoms with Gasteiger partial charge in [0.1, 0.15) is 21.7 Å². The third-order valence-electron chi connectivity index (χ3n) is 10.3. The summed E-state index contributed by atoms with van der Waals surface area (Å²) in [5.41, 5.74) is 10.5. The van der Waals surface area contributed by atoms with Gasteiger partial charge in [0.2, 0.25) is 0 Å². The van der Waals surface area contributed by atoms with Crippen LogP contribution in [0.1, 0.15) is 0 Å². The first kappa shape index (κ1) is 31.3. The van der Waals surface area contributed by atoms with Crippen molar-refractivity contribution in [2.24, 2.45) is 0 Å². The van der Waals surface area contributed by atoms with E-state index in [1.165, 1.54) is 0 Å². The summed E-state index contributed by atoms with van der Waals surface area (Å²) >= 11 is 1.62. The summed E-state index contributed by atoms with van der Waals surface area (Å²) in [7, 11) is 0. The van der Waals surface area contributed by atoms with E-state index in [9.17, 15) is 0 Å². The Bertz CT molecular complexity index is 3000. The highest BCUT2D eigenvalue weighted by Gasteiger charge is 2.22. The Morgan fingerprint density at radius 1 is 0.345 bits per heavy atom. The molecule has 5 heterocycles. The minimum atomic E-state index is 0.868. The second-order valence-corrected chi connectivity index (χ2v) is 14.5. The molecular formula is C48H30N6S. The first-order valence-corrected chi connectivity index (χ1v) is 19.1. The molecule has 0 aliphatic carbocycles. The number of rotatable bonds is 6. The molecule has 0 spiro atoms. The van der Waals surface area contributed by atoms with Crippen molar-refractivity contribution in [3.63, 3.8) is 0 Å². The molecule has 6 nitrogen and oxygen atoms in total. The van der Waals surface area contributed by atoms with Crippen LogP contribution < -0.4 is 0 Å². The van der Waals surface area contributed by atoms with E-state index in [2.05, 4.69) is 155 Å². The van der Waals surface area contributed by atoms with Gasteiger partial charge in [0.25, 0.3) is 0 Å². The standard InChI is InChI=1S/C48H30N6S/c1-3-15-31(16-4-1)37-23-13-29-43(49-37)53-39-25-9-7-19-33(39)45-35(21-11-27-41(45)53)47-51-52-48(55-47)36-22-12-28-42-46(36)34-20-8-10-26-40(34)54(42)44-30-14-24-38(50-44)32-17-5-2-6-18-32/h1-30H. The summed E-state index contributed by atoms with van der Waals surface area (Å²) in [6.07, 6.45) is 0. The molecule has 0 aliphatic rings. The predicted molar refractivity (Wildman–Crippen MR) is 226 cm³/mol. The highest BCUT2D eigenvalue weighted by atomic mass is 32.1. The zero-order valence-corrected chi connectivity index (χ0v) is 30.2. The molecule has 11 rings (SSSR count). The molecule has 0 bridgehead atoms. The van der Waals surface area contributed by atoms with Crippen LogP contribution in [0.2, 0.25) is 0 Å². The molecule has 0 saturated carbocycles. The van der Waals surface area contributed by atoms with Gasteiger partial charge in [0.05, 0.1) is 33.5 Å². The lowest BCUT2D eigenvalue weighted by atomic mass is 10.1. The Hall–Kier alpha value is -7.22. The minimum absolute atomic E-state index is 0.868. The first-order chi connectivity index (χ1) is 27.3. The lowest BCUT2D eigenvalue weighted by Gasteiger charge is -2.09. The molecule has 258 valence electrons. The van der Waals surface area contributed by atoms with E-state index >= 15 is 0 Å². The summed E-state index contributed by atoms with van der Waals surface area (Å²) in [4.78, 5) is 10.3. The smallest absolute Gasteiger partial charge is 0.148 e. The van der Waals surface area contributed by atoms with E-state index in [4.69, 9.17) is 20.2 Å². The maximum absolute atomic E-state index is 5.16. The Labute approximate surface area is 320 Å². The fraction of sp³-hybridized carbons (Fsp3) is 0. The molecular weight excluding hydrogens is 693 g/mol. The monoisotopic (exact) mass is 722 g/mol. The van der Waals surface area contributed by atoms with Gasteiger partial charge >= 0.3 is 0 Å². The van der Waals surface area contributed by atoms with Crippen molar-refractivity contribution in [2.45, 2.75) is 0 Å². The fourth-order valence-electron chi connectivity index (χ4n) is 7.96. The van der Waals surface area contributed by atoms with Crippen molar-refractivity contribution in [1.82, 2.24) is 29.3 Å². The molecule has 0 fully saturated rings. The third kappa shape index (κ3) is 5.09. The highest BCUT2D eigenvalue weighted by Crippen LogP contribution is 2.43. The average molecular weight is 723 g/mol. The SMILES string of the molecule is c1ccc(-c2cccc(-n3c4ccccc4c4c(-c5nnc(-c6cccc7c6c6ccccc6n7-c6cccc(-c7ccccc7)n6)s5)cccc43)n2)cc1. The van der Waals surface area contributed by atoms with E-state index in [1.54, 1.807) is 11.3 Å². The molecule has 7 heteroatoms. The topological polar surface area (TPSA) is 61.4 Å². The van der Waals surface area contributed by atoms with Crippen molar-refractivity contribution in [3.8, 4) is 55.3 Å². The van der Waals surface area contributed by atoms with Crippen molar-refractivity contribution in [3.05, 3.63) is 182 Å². The summed E-state index contributed by atoms with van der Waals surface area (Å²) in [5.74, 6) is 1.74. The molecule has 0 N–H and O–H groups in total. The van der Waals surface area contributed by atoms with Crippen molar-refractivity contribution in [2.75, 3.05) is 0 Å². The zero-order valence-electron chi connectivity index (χ0n) is 29.4. The van der Waals surface area contributed by atoms with E-state index in [1.807, 2.05) is 36.4 Å². The highest BCUT2D eigenvalue weighted by molar-refractivity contribution is 7.18. The van der Waals surface area contributed by atoms with Gasteiger partial charge in [-0.15, -0.1) is 10.2 Å². The van der Waals surface area contributed by atoms with Crippen LogP contribution in [0.5, 0.6) is 0 Å². The third-order valence-corrected chi connectivity index (χ3v) is 11.3. The van der Waals surface area contributed by atoms with Crippen LogP contribution in [-0.2, 0) is 0 Å². The maximum Gasteiger partial charge on any atom is 0.148 e. The van der Waals surface area contributed by atoms with E-state index in [0.717, 1.165) is 98.9 Å². The van der Waals surface area contributed by atoms with Gasteiger partial charge in [-0.05, 0) is 48.5 Å². The molecule has 11 aromatic rings. The zero-order chi connectivity index (χ0) is 36.3. The van der Waals surface area contributed by atoms with Gasteiger partial charge in [-0.2, -0.15) is 0 Å². The van der Waals surface area contributed by atoms with Gasteiger partial charge in [-0.25, -0.2) is 9.97 Å². The molecule has 6 aromatic carbocycles. The van der Waals surface area contributed by atoms with Gasteiger partial charge in [0.15, 0.2) is 0 Å². The average Bonchev–Trinajstić information content (AvgIpc) is 3.98. The van der Waals surface area contributed by atoms with E-state index in [0.29, 0.717) is 0 Å². The van der Waals surface area contributed by atoms with Crippen LogP contribution in [0.15, 0.2) is 182 Å². The normalized spacial score (nSPS) is 11.6. The van der Waals surface area contributed by atoms with Crippen LogP contribution in [0.3, 0.4) is 0 Å². The van der Waals surface area contributed by atoms with Crippen molar-refractivity contribution in [1.29, 1.82) is 0 Å². The maximum atomic E-state index is 5.16. The van der Waals surface area contributed by atoms with Gasteiger partial charge in [-0.1, -0.05) is 145 Å². The molecule has 55 heavy (non-hydrogen) atoms. The van der Waals surface area contributed by atoms with Crippen LogP contribution in [-0.4, -0.2) is 29.3 Å². The Morgan fingerprint density at radius 2 is 0.745 bits per heavy atom. The van der Waals surface area contributed by atoms with Gasteiger partial charge in [-0.3, -0.25) is 9.13 Å². The summed E-state index contributed by atoms with van der Waals surface area (Å²) in [6, 6.07) is 63.1. The Morgan fingerprint density at radius 3 is 1.22 bits per heavy atom. The van der Waals surface area contributed by atoms with E-state index in [-0.39, 0.29) is 0 Å². The number of hydrogen-bond acceptors (Lipinski definition) is 5.